The van der Waals surface area contributed by atoms with Crippen molar-refractivity contribution in [3.05, 3.63) is 34.9 Å². The van der Waals surface area contributed by atoms with Crippen LogP contribution in [0.5, 0.6) is 0 Å². The summed E-state index contributed by atoms with van der Waals surface area (Å²) >= 11 is 0. The lowest BCUT2D eigenvalue weighted by molar-refractivity contribution is 0.1000. The molecule has 0 heterocycles. The molecule has 0 radical (unpaired) electrons. The minimum atomic E-state index is -0.358. The first-order valence-corrected chi connectivity index (χ1v) is 5.29. The maximum Gasteiger partial charge on any atom is 0.248 e. The van der Waals surface area contributed by atoms with Gasteiger partial charge in [-0.25, -0.2) is 0 Å². The highest BCUT2D eigenvalue weighted by Gasteiger charge is 2.18. The number of carbonyl (C=O) groups is 1. The van der Waals surface area contributed by atoms with Crippen molar-refractivity contribution in [3.63, 3.8) is 0 Å². The first kappa shape index (κ1) is 11.8. The molecule has 1 amide bonds. The molecule has 0 aliphatic rings. The molecule has 2 nitrogen and oxygen atoms in total. The SMILES string of the molecule is CCc1ccc(C(N)=O)cc1C(C)(C)C. The predicted octanol–water partition coefficient (Wildman–Crippen LogP) is 2.65. The van der Waals surface area contributed by atoms with Gasteiger partial charge in [0, 0.05) is 5.56 Å². The first-order valence-electron chi connectivity index (χ1n) is 5.29. The van der Waals surface area contributed by atoms with Crippen molar-refractivity contribution in [2.24, 2.45) is 5.73 Å². The minimum absolute atomic E-state index is 0.0524. The zero-order valence-electron chi connectivity index (χ0n) is 9.92. The van der Waals surface area contributed by atoms with E-state index in [0.717, 1.165) is 6.42 Å². The standard InChI is InChI=1S/C13H19NO/c1-5-9-6-7-10(12(14)15)8-11(9)13(2,3)4/h6-8H,5H2,1-4H3,(H2,14,15). The molecule has 0 bridgehead atoms. The van der Waals surface area contributed by atoms with Crippen LogP contribution in [-0.4, -0.2) is 5.91 Å². The quantitative estimate of drug-likeness (QED) is 0.792. The van der Waals surface area contributed by atoms with Gasteiger partial charge in [0.15, 0.2) is 0 Å². The molecule has 0 aliphatic carbocycles. The van der Waals surface area contributed by atoms with Gasteiger partial charge in [0.1, 0.15) is 0 Å². The summed E-state index contributed by atoms with van der Waals surface area (Å²) in [7, 11) is 0. The lowest BCUT2D eigenvalue weighted by Crippen LogP contribution is -2.17. The van der Waals surface area contributed by atoms with Gasteiger partial charge in [0.05, 0.1) is 0 Å². The molecule has 0 spiro atoms. The Morgan fingerprint density at radius 1 is 1.33 bits per heavy atom. The molecule has 15 heavy (non-hydrogen) atoms. The molecule has 2 heteroatoms. The number of benzene rings is 1. The number of nitrogens with two attached hydrogens (primary N) is 1. The summed E-state index contributed by atoms with van der Waals surface area (Å²) < 4.78 is 0. The summed E-state index contributed by atoms with van der Waals surface area (Å²) in [5.41, 5.74) is 8.42. The third kappa shape index (κ3) is 2.58. The average Bonchev–Trinajstić information content (AvgIpc) is 2.15. The van der Waals surface area contributed by atoms with Crippen LogP contribution in [0.2, 0.25) is 0 Å². The van der Waals surface area contributed by atoms with Crippen LogP contribution in [0, 0.1) is 0 Å². The number of amides is 1. The molecule has 0 atom stereocenters. The second-order valence-corrected chi connectivity index (χ2v) is 4.84. The van der Waals surface area contributed by atoms with Gasteiger partial charge in [0.25, 0.3) is 0 Å². The summed E-state index contributed by atoms with van der Waals surface area (Å²) in [5, 5.41) is 0. The summed E-state index contributed by atoms with van der Waals surface area (Å²) in [6.07, 6.45) is 0.978. The van der Waals surface area contributed by atoms with E-state index in [2.05, 4.69) is 27.7 Å². The zero-order valence-corrected chi connectivity index (χ0v) is 9.92. The van der Waals surface area contributed by atoms with Crippen LogP contribution in [0.3, 0.4) is 0 Å². The molecule has 1 rings (SSSR count). The van der Waals surface area contributed by atoms with Crippen molar-refractivity contribution in [3.8, 4) is 0 Å². The highest BCUT2D eigenvalue weighted by molar-refractivity contribution is 5.93. The fraction of sp³-hybridized carbons (Fsp3) is 0.462. The number of aryl methyl sites for hydroxylation is 1. The fourth-order valence-electron chi connectivity index (χ4n) is 1.74. The maximum atomic E-state index is 11.1. The molecular weight excluding hydrogens is 186 g/mol. The summed E-state index contributed by atoms with van der Waals surface area (Å²) in [6, 6.07) is 5.72. The Labute approximate surface area is 91.5 Å². The molecule has 0 aromatic heterocycles. The summed E-state index contributed by atoms with van der Waals surface area (Å²) in [6.45, 7) is 8.55. The molecule has 0 unspecified atom stereocenters. The monoisotopic (exact) mass is 205 g/mol. The van der Waals surface area contributed by atoms with Crippen LogP contribution in [0.15, 0.2) is 18.2 Å². The third-order valence-electron chi connectivity index (χ3n) is 2.58. The fourth-order valence-corrected chi connectivity index (χ4v) is 1.74. The highest BCUT2D eigenvalue weighted by Crippen LogP contribution is 2.27. The van der Waals surface area contributed by atoms with Gasteiger partial charge in [-0.3, -0.25) is 4.79 Å². The van der Waals surface area contributed by atoms with Crippen LogP contribution in [0.25, 0.3) is 0 Å². The maximum absolute atomic E-state index is 11.1. The van der Waals surface area contributed by atoms with Crippen molar-refractivity contribution >= 4 is 5.91 Å². The van der Waals surface area contributed by atoms with Crippen molar-refractivity contribution in [1.82, 2.24) is 0 Å². The number of primary amides is 1. The van der Waals surface area contributed by atoms with Gasteiger partial charge in [-0.1, -0.05) is 33.8 Å². The number of hydrogen-bond acceptors (Lipinski definition) is 1. The van der Waals surface area contributed by atoms with E-state index in [9.17, 15) is 4.79 Å². The molecule has 0 saturated heterocycles. The lowest BCUT2D eigenvalue weighted by atomic mass is 9.82. The Hall–Kier alpha value is -1.31. The van der Waals surface area contributed by atoms with E-state index >= 15 is 0 Å². The molecule has 0 aliphatic heterocycles. The Morgan fingerprint density at radius 3 is 2.33 bits per heavy atom. The van der Waals surface area contributed by atoms with E-state index in [-0.39, 0.29) is 11.3 Å². The van der Waals surface area contributed by atoms with Crippen LogP contribution >= 0.6 is 0 Å². The van der Waals surface area contributed by atoms with Crippen molar-refractivity contribution in [2.45, 2.75) is 39.5 Å². The molecular formula is C13H19NO. The molecule has 1 aromatic rings. The van der Waals surface area contributed by atoms with Gasteiger partial charge in [-0.2, -0.15) is 0 Å². The smallest absolute Gasteiger partial charge is 0.248 e. The Morgan fingerprint density at radius 2 is 1.93 bits per heavy atom. The normalized spacial score (nSPS) is 11.5. The highest BCUT2D eigenvalue weighted by atomic mass is 16.1. The Bertz CT molecular complexity index is 375. The lowest BCUT2D eigenvalue weighted by Gasteiger charge is -2.23. The van der Waals surface area contributed by atoms with Crippen LogP contribution in [0.4, 0.5) is 0 Å². The van der Waals surface area contributed by atoms with Crippen molar-refractivity contribution in [2.75, 3.05) is 0 Å². The van der Waals surface area contributed by atoms with E-state index in [4.69, 9.17) is 5.73 Å². The van der Waals surface area contributed by atoms with E-state index in [1.165, 1.54) is 11.1 Å². The van der Waals surface area contributed by atoms with E-state index in [1.807, 2.05) is 12.1 Å². The summed E-state index contributed by atoms with van der Waals surface area (Å²) in [4.78, 5) is 11.1. The van der Waals surface area contributed by atoms with Crippen molar-refractivity contribution < 1.29 is 4.79 Å². The van der Waals surface area contributed by atoms with Gasteiger partial charge < -0.3 is 5.73 Å². The zero-order chi connectivity index (χ0) is 11.6. The Balaban J connectivity index is 3.32. The second-order valence-electron chi connectivity index (χ2n) is 4.84. The Kier molecular flexibility index (Phi) is 3.18. The number of rotatable bonds is 2. The second kappa shape index (κ2) is 4.05. The molecule has 0 fully saturated rings. The molecule has 82 valence electrons. The van der Waals surface area contributed by atoms with Crippen LogP contribution in [0.1, 0.15) is 49.2 Å². The number of hydrogen-bond donors (Lipinski definition) is 1. The predicted molar refractivity (Wildman–Crippen MR) is 63.0 cm³/mol. The molecule has 2 N–H and O–H groups in total. The topological polar surface area (TPSA) is 43.1 Å². The average molecular weight is 205 g/mol. The van der Waals surface area contributed by atoms with Gasteiger partial charge in [-0.05, 0) is 35.1 Å². The first-order chi connectivity index (χ1) is 6.86. The van der Waals surface area contributed by atoms with E-state index in [1.54, 1.807) is 6.07 Å². The minimum Gasteiger partial charge on any atom is -0.366 e. The van der Waals surface area contributed by atoms with Crippen LogP contribution < -0.4 is 5.73 Å². The van der Waals surface area contributed by atoms with Crippen molar-refractivity contribution in [1.29, 1.82) is 0 Å². The van der Waals surface area contributed by atoms with Gasteiger partial charge in [-0.15, -0.1) is 0 Å². The van der Waals surface area contributed by atoms with Gasteiger partial charge >= 0.3 is 0 Å². The largest absolute Gasteiger partial charge is 0.366 e. The van der Waals surface area contributed by atoms with Crippen LogP contribution in [-0.2, 0) is 11.8 Å². The third-order valence-corrected chi connectivity index (χ3v) is 2.58. The molecule has 0 saturated carbocycles. The van der Waals surface area contributed by atoms with E-state index < -0.39 is 0 Å². The number of carbonyl (C=O) groups excluding carboxylic acids is 1. The van der Waals surface area contributed by atoms with Gasteiger partial charge in [0.2, 0.25) is 5.91 Å². The summed E-state index contributed by atoms with van der Waals surface area (Å²) in [5.74, 6) is -0.358. The molecule has 1 aromatic carbocycles. The van der Waals surface area contributed by atoms with E-state index in [0.29, 0.717) is 5.56 Å².